The van der Waals surface area contributed by atoms with Gasteiger partial charge in [0.2, 0.25) is 0 Å². The molecule has 0 amide bonds. The third kappa shape index (κ3) is 5.32. The average molecular weight is 298 g/mol. The van der Waals surface area contributed by atoms with Gasteiger partial charge in [-0.3, -0.25) is 4.79 Å². The summed E-state index contributed by atoms with van der Waals surface area (Å²) in [6.07, 6.45) is 1.74. The van der Waals surface area contributed by atoms with Gasteiger partial charge in [-0.25, -0.2) is 4.79 Å². The molecule has 1 aliphatic rings. The lowest BCUT2D eigenvalue weighted by Crippen LogP contribution is -2.31. The molecule has 4 atom stereocenters. The predicted octanol–water partition coefficient (Wildman–Crippen LogP) is 0.868. The van der Waals surface area contributed by atoms with Gasteiger partial charge < -0.3 is 19.7 Å². The van der Waals surface area contributed by atoms with Gasteiger partial charge in [0.05, 0.1) is 12.2 Å². The van der Waals surface area contributed by atoms with Crippen LogP contribution in [0, 0.1) is 0 Å². The largest absolute Gasteiger partial charge is 0.458 e. The minimum atomic E-state index is -1.08. The number of hydrogen-bond acceptors (Lipinski definition) is 6. The second-order valence-electron chi connectivity index (χ2n) is 5.02. The fourth-order valence-corrected chi connectivity index (χ4v) is 1.74. The van der Waals surface area contributed by atoms with Crippen LogP contribution in [0.5, 0.6) is 0 Å². The highest BCUT2D eigenvalue weighted by Crippen LogP contribution is 2.21. The lowest BCUT2D eigenvalue weighted by molar-refractivity contribution is -0.155. The van der Waals surface area contributed by atoms with E-state index >= 15 is 0 Å². The molecule has 6 nitrogen and oxygen atoms in total. The molecule has 0 unspecified atom stereocenters. The van der Waals surface area contributed by atoms with Crippen LogP contribution < -0.4 is 0 Å². The zero-order valence-corrected chi connectivity index (χ0v) is 12.5. The fraction of sp³-hybridized carbons (Fsp3) is 0.600. The molecule has 0 bridgehead atoms. The minimum absolute atomic E-state index is 0.272. The molecule has 1 rings (SSSR count). The van der Waals surface area contributed by atoms with Crippen LogP contribution in [-0.4, -0.2) is 46.6 Å². The lowest BCUT2D eigenvalue weighted by Gasteiger charge is -2.20. The maximum atomic E-state index is 11.8. The molecule has 2 N–H and O–H groups in total. The van der Waals surface area contributed by atoms with Crippen molar-refractivity contribution in [2.24, 2.45) is 0 Å². The third-order valence-electron chi connectivity index (χ3n) is 3.27. The van der Waals surface area contributed by atoms with Gasteiger partial charge in [-0.15, -0.1) is 0 Å². The average Bonchev–Trinajstić information content (AvgIpc) is 2.87. The molecule has 0 aromatic carbocycles. The summed E-state index contributed by atoms with van der Waals surface area (Å²) in [5.41, 5.74) is 0.439. The standard InChI is InChI=1S/C15H22O6/c1-4-9(2)15(19)21-13(6-5-11(17)10(3)16)12-7-8-14(18)20-12/h4-6,10-13,16-17H,7-8H2,1-3H3/b6-5+,9-4+/t10-,11-,12-,13-/m1/s1. The van der Waals surface area contributed by atoms with Crippen molar-refractivity contribution in [3.05, 3.63) is 23.8 Å². The molecule has 21 heavy (non-hydrogen) atoms. The molecular weight excluding hydrogens is 276 g/mol. The van der Waals surface area contributed by atoms with Gasteiger partial charge in [0.15, 0.2) is 6.10 Å². The minimum Gasteiger partial charge on any atom is -0.458 e. The molecule has 0 aliphatic carbocycles. The summed E-state index contributed by atoms with van der Waals surface area (Å²) in [6.45, 7) is 4.78. The molecule has 0 aromatic rings. The molecule has 1 aliphatic heterocycles. The first-order valence-corrected chi connectivity index (χ1v) is 6.93. The Labute approximate surface area is 124 Å². The van der Waals surface area contributed by atoms with Crippen molar-refractivity contribution in [2.75, 3.05) is 0 Å². The third-order valence-corrected chi connectivity index (χ3v) is 3.27. The van der Waals surface area contributed by atoms with Gasteiger partial charge in [0.1, 0.15) is 6.10 Å². The first-order valence-electron chi connectivity index (χ1n) is 6.93. The van der Waals surface area contributed by atoms with E-state index in [0.717, 1.165) is 0 Å². The van der Waals surface area contributed by atoms with Crippen LogP contribution in [0.15, 0.2) is 23.8 Å². The number of ether oxygens (including phenoxy) is 2. The fourth-order valence-electron chi connectivity index (χ4n) is 1.74. The van der Waals surface area contributed by atoms with E-state index in [-0.39, 0.29) is 12.4 Å². The van der Waals surface area contributed by atoms with Crippen LogP contribution in [0.1, 0.15) is 33.6 Å². The Balaban J connectivity index is 2.79. The van der Waals surface area contributed by atoms with Gasteiger partial charge in [-0.1, -0.05) is 12.2 Å². The van der Waals surface area contributed by atoms with E-state index in [2.05, 4.69) is 0 Å². The van der Waals surface area contributed by atoms with E-state index in [1.807, 2.05) is 0 Å². The Bertz CT molecular complexity index is 437. The van der Waals surface area contributed by atoms with Crippen LogP contribution in [0.4, 0.5) is 0 Å². The van der Waals surface area contributed by atoms with Crippen LogP contribution in [0.2, 0.25) is 0 Å². The molecular formula is C15H22O6. The molecule has 0 spiro atoms. The summed E-state index contributed by atoms with van der Waals surface area (Å²) < 4.78 is 10.4. The van der Waals surface area contributed by atoms with Crippen molar-refractivity contribution < 1.29 is 29.3 Å². The SMILES string of the molecule is C/C=C(\C)C(=O)O[C@H](/C=C/[C@@H](O)[C@@H](C)O)[C@H]1CCC(=O)O1. The molecule has 1 fully saturated rings. The van der Waals surface area contributed by atoms with Crippen molar-refractivity contribution >= 4 is 11.9 Å². The van der Waals surface area contributed by atoms with Crippen molar-refractivity contribution in [3.63, 3.8) is 0 Å². The number of cyclic esters (lactones) is 1. The quantitative estimate of drug-likeness (QED) is 0.429. The summed E-state index contributed by atoms with van der Waals surface area (Å²) >= 11 is 0. The number of carbonyl (C=O) groups is 2. The number of aliphatic hydroxyl groups excluding tert-OH is 2. The van der Waals surface area contributed by atoms with Gasteiger partial charge >= 0.3 is 11.9 Å². The highest BCUT2D eigenvalue weighted by molar-refractivity contribution is 5.87. The van der Waals surface area contributed by atoms with E-state index in [1.54, 1.807) is 19.9 Å². The number of hydrogen-bond donors (Lipinski definition) is 2. The van der Waals surface area contributed by atoms with Crippen molar-refractivity contribution in [2.45, 2.75) is 58.0 Å². The molecule has 0 saturated carbocycles. The topological polar surface area (TPSA) is 93.1 Å². The zero-order valence-electron chi connectivity index (χ0n) is 12.5. The van der Waals surface area contributed by atoms with Gasteiger partial charge in [0, 0.05) is 12.0 Å². The highest BCUT2D eigenvalue weighted by atomic mass is 16.6. The second kappa shape index (κ2) is 7.95. The van der Waals surface area contributed by atoms with Crippen LogP contribution in [0.25, 0.3) is 0 Å². The van der Waals surface area contributed by atoms with Crippen LogP contribution in [-0.2, 0) is 19.1 Å². The maximum absolute atomic E-state index is 11.8. The highest BCUT2D eigenvalue weighted by Gasteiger charge is 2.32. The number of aliphatic hydroxyl groups is 2. The maximum Gasteiger partial charge on any atom is 0.334 e. The van der Waals surface area contributed by atoms with Crippen LogP contribution in [0.3, 0.4) is 0 Å². The van der Waals surface area contributed by atoms with Gasteiger partial charge in [-0.05, 0) is 33.3 Å². The Hall–Kier alpha value is -1.66. The molecule has 118 valence electrons. The van der Waals surface area contributed by atoms with Crippen molar-refractivity contribution in [1.82, 2.24) is 0 Å². The summed E-state index contributed by atoms with van der Waals surface area (Å²) in [5, 5.41) is 18.8. The number of allylic oxidation sites excluding steroid dienone is 1. The Kier molecular flexibility index (Phi) is 6.58. The summed E-state index contributed by atoms with van der Waals surface area (Å²) in [4.78, 5) is 23.0. The Morgan fingerprint density at radius 2 is 2.10 bits per heavy atom. The van der Waals surface area contributed by atoms with E-state index in [9.17, 15) is 19.8 Å². The van der Waals surface area contributed by atoms with E-state index in [1.165, 1.54) is 19.1 Å². The van der Waals surface area contributed by atoms with E-state index in [4.69, 9.17) is 9.47 Å². The summed E-state index contributed by atoms with van der Waals surface area (Å²) in [5.74, 6) is -0.852. The predicted molar refractivity (Wildman–Crippen MR) is 75.3 cm³/mol. The second-order valence-corrected chi connectivity index (χ2v) is 5.02. The number of rotatable bonds is 6. The Morgan fingerprint density at radius 1 is 1.43 bits per heavy atom. The number of carbonyl (C=O) groups excluding carboxylic acids is 2. The smallest absolute Gasteiger partial charge is 0.334 e. The first kappa shape index (κ1) is 17.4. The Morgan fingerprint density at radius 3 is 2.57 bits per heavy atom. The summed E-state index contributed by atoms with van der Waals surface area (Å²) in [7, 11) is 0. The van der Waals surface area contributed by atoms with E-state index in [0.29, 0.717) is 12.0 Å². The molecule has 1 saturated heterocycles. The van der Waals surface area contributed by atoms with Crippen molar-refractivity contribution in [1.29, 1.82) is 0 Å². The first-order chi connectivity index (χ1) is 9.85. The van der Waals surface area contributed by atoms with Gasteiger partial charge in [0.25, 0.3) is 0 Å². The molecule has 0 radical (unpaired) electrons. The monoisotopic (exact) mass is 298 g/mol. The number of esters is 2. The van der Waals surface area contributed by atoms with E-state index < -0.39 is 30.4 Å². The summed E-state index contributed by atoms with van der Waals surface area (Å²) in [6, 6.07) is 0. The molecule has 0 aromatic heterocycles. The molecule has 1 heterocycles. The van der Waals surface area contributed by atoms with Crippen molar-refractivity contribution in [3.8, 4) is 0 Å². The van der Waals surface area contributed by atoms with Gasteiger partial charge in [-0.2, -0.15) is 0 Å². The molecule has 6 heteroatoms. The zero-order chi connectivity index (χ0) is 16.0. The lowest BCUT2D eigenvalue weighted by atomic mass is 10.1. The normalized spacial score (nSPS) is 23.8. The van der Waals surface area contributed by atoms with Crippen LogP contribution >= 0.6 is 0 Å².